The van der Waals surface area contributed by atoms with Crippen LogP contribution >= 0.6 is 0 Å². The van der Waals surface area contributed by atoms with E-state index >= 15 is 0 Å². The number of pyridine rings is 2. The molecular formula is C20H24N4O2. The summed E-state index contributed by atoms with van der Waals surface area (Å²) in [5.74, 6) is 0.314. The summed E-state index contributed by atoms with van der Waals surface area (Å²) >= 11 is 0. The van der Waals surface area contributed by atoms with E-state index in [1.807, 2.05) is 18.3 Å². The number of nitrogens with one attached hydrogen (secondary N) is 1. The number of aromatic nitrogens is 2. The summed E-state index contributed by atoms with van der Waals surface area (Å²) in [6.45, 7) is 4.19. The van der Waals surface area contributed by atoms with Crippen molar-refractivity contribution in [2.75, 3.05) is 26.2 Å². The molecule has 2 aromatic heterocycles. The molecule has 136 valence electrons. The van der Waals surface area contributed by atoms with E-state index in [2.05, 4.69) is 26.3 Å². The van der Waals surface area contributed by atoms with Gasteiger partial charge < -0.3 is 10.1 Å². The van der Waals surface area contributed by atoms with Crippen LogP contribution in [0.3, 0.4) is 0 Å². The highest BCUT2D eigenvalue weighted by Gasteiger charge is 2.46. The van der Waals surface area contributed by atoms with Gasteiger partial charge in [0, 0.05) is 44.8 Å². The minimum Gasteiger partial charge on any atom is -0.372 e. The van der Waals surface area contributed by atoms with E-state index in [1.165, 1.54) is 0 Å². The van der Waals surface area contributed by atoms with Crippen LogP contribution in [0.4, 0.5) is 0 Å². The number of rotatable bonds is 5. The Hall–Kier alpha value is -2.31. The number of hydrogen-bond donors (Lipinski definition) is 1. The molecule has 2 aromatic rings. The molecule has 2 aliphatic rings. The van der Waals surface area contributed by atoms with Gasteiger partial charge in [-0.3, -0.25) is 19.7 Å². The summed E-state index contributed by atoms with van der Waals surface area (Å²) in [5.41, 5.74) is 1.72. The van der Waals surface area contributed by atoms with Gasteiger partial charge in [-0.25, -0.2) is 0 Å². The van der Waals surface area contributed by atoms with Gasteiger partial charge in [-0.1, -0.05) is 6.07 Å². The Morgan fingerprint density at radius 1 is 1.27 bits per heavy atom. The minimum absolute atomic E-state index is 0.0125. The van der Waals surface area contributed by atoms with E-state index in [1.54, 1.807) is 24.5 Å². The molecule has 2 aliphatic heterocycles. The molecule has 1 amide bonds. The molecule has 1 atom stereocenters. The van der Waals surface area contributed by atoms with E-state index in [4.69, 9.17) is 4.74 Å². The van der Waals surface area contributed by atoms with E-state index in [0.29, 0.717) is 24.6 Å². The lowest BCUT2D eigenvalue weighted by molar-refractivity contribution is -0.181. The molecule has 2 saturated heterocycles. The second-order valence-corrected chi connectivity index (χ2v) is 7.32. The van der Waals surface area contributed by atoms with Crippen molar-refractivity contribution in [1.82, 2.24) is 20.2 Å². The van der Waals surface area contributed by atoms with Crippen LogP contribution in [0.2, 0.25) is 0 Å². The molecule has 6 heteroatoms. The Morgan fingerprint density at radius 3 is 2.88 bits per heavy atom. The maximum Gasteiger partial charge on any atom is 0.252 e. The molecule has 0 radical (unpaired) electrons. The van der Waals surface area contributed by atoms with Crippen LogP contribution in [0.25, 0.3) is 0 Å². The van der Waals surface area contributed by atoms with Gasteiger partial charge in [-0.2, -0.15) is 0 Å². The summed E-state index contributed by atoms with van der Waals surface area (Å²) in [7, 11) is 0. The van der Waals surface area contributed by atoms with E-state index in [9.17, 15) is 4.79 Å². The Bertz CT molecular complexity index is 722. The molecule has 0 unspecified atom stereocenters. The van der Waals surface area contributed by atoms with Crippen LogP contribution in [-0.2, 0) is 11.3 Å². The Morgan fingerprint density at radius 2 is 2.19 bits per heavy atom. The van der Waals surface area contributed by atoms with Gasteiger partial charge in [0.25, 0.3) is 5.91 Å². The normalized spacial score (nSPS) is 21.9. The number of amides is 1. The third-order valence-corrected chi connectivity index (χ3v) is 5.24. The van der Waals surface area contributed by atoms with Crippen molar-refractivity contribution in [3.8, 4) is 0 Å². The van der Waals surface area contributed by atoms with Crippen molar-refractivity contribution >= 4 is 5.91 Å². The largest absolute Gasteiger partial charge is 0.372 e. The first-order chi connectivity index (χ1) is 12.7. The third kappa shape index (κ3) is 3.92. The van der Waals surface area contributed by atoms with E-state index < -0.39 is 0 Å². The zero-order valence-corrected chi connectivity index (χ0v) is 14.8. The van der Waals surface area contributed by atoms with Crippen LogP contribution in [0.5, 0.6) is 0 Å². The van der Waals surface area contributed by atoms with Crippen molar-refractivity contribution < 1.29 is 9.53 Å². The predicted molar refractivity (Wildman–Crippen MR) is 97.5 cm³/mol. The highest BCUT2D eigenvalue weighted by atomic mass is 16.5. The molecule has 6 nitrogen and oxygen atoms in total. The van der Waals surface area contributed by atoms with Crippen molar-refractivity contribution in [3.05, 3.63) is 60.2 Å². The summed E-state index contributed by atoms with van der Waals surface area (Å²) in [6, 6.07) is 9.58. The highest BCUT2D eigenvalue weighted by molar-refractivity contribution is 5.93. The van der Waals surface area contributed by atoms with Crippen LogP contribution in [0, 0.1) is 5.92 Å². The quantitative estimate of drug-likeness (QED) is 0.890. The number of nitrogens with zero attached hydrogens (tertiary/aromatic N) is 3. The molecule has 2 fully saturated rings. The topological polar surface area (TPSA) is 67.4 Å². The fourth-order valence-electron chi connectivity index (χ4n) is 3.77. The first kappa shape index (κ1) is 17.1. The Balaban J connectivity index is 1.19. The van der Waals surface area contributed by atoms with Gasteiger partial charge in [-0.15, -0.1) is 0 Å². The average Bonchev–Trinajstić information content (AvgIpc) is 2.67. The van der Waals surface area contributed by atoms with Crippen molar-refractivity contribution in [1.29, 1.82) is 0 Å². The number of hydrogen-bond acceptors (Lipinski definition) is 5. The second kappa shape index (κ2) is 7.51. The van der Waals surface area contributed by atoms with Crippen molar-refractivity contribution in [3.63, 3.8) is 0 Å². The average molecular weight is 352 g/mol. The van der Waals surface area contributed by atoms with Gasteiger partial charge in [0.15, 0.2) is 0 Å². The van der Waals surface area contributed by atoms with Crippen LogP contribution in [-0.4, -0.2) is 52.6 Å². The van der Waals surface area contributed by atoms with E-state index in [0.717, 1.165) is 38.2 Å². The van der Waals surface area contributed by atoms with Gasteiger partial charge in [0.1, 0.15) is 0 Å². The summed E-state index contributed by atoms with van der Waals surface area (Å²) in [5, 5.41) is 3.00. The fourth-order valence-corrected chi connectivity index (χ4v) is 3.77. The summed E-state index contributed by atoms with van der Waals surface area (Å²) < 4.78 is 6.19. The lowest BCUT2D eigenvalue weighted by Crippen LogP contribution is -2.64. The van der Waals surface area contributed by atoms with Gasteiger partial charge in [0.05, 0.1) is 23.5 Å². The number of likely N-dealkylation sites (tertiary alicyclic amines) is 1. The molecule has 0 saturated carbocycles. The molecule has 0 aromatic carbocycles. The standard InChI is InChI=1S/C20H24N4O2/c25-19(17-4-3-8-21-11-17)23-10-16-6-7-20(26-13-16)14-24(15-20)12-18-5-1-2-9-22-18/h1-5,8-9,11,16H,6-7,10,12-15H2,(H,23,25)/t16-/m0/s1. The molecule has 1 spiro atoms. The monoisotopic (exact) mass is 352 g/mol. The van der Waals surface area contributed by atoms with Gasteiger partial charge >= 0.3 is 0 Å². The first-order valence-corrected chi connectivity index (χ1v) is 9.17. The highest BCUT2D eigenvalue weighted by Crippen LogP contribution is 2.36. The number of ether oxygens (including phenoxy) is 1. The summed E-state index contributed by atoms with van der Waals surface area (Å²) in [6.07, 6.45) is 7.24. The third-order valence-electron chi connectivity index (χ3n) is 5.24. The maximum absolute atomic E-state index is 12.1. The number of carbonyl (C=O) groups is 1. The van der Waals surface area contributed by atoms with Crippen LogP contribution in [0.15, 0.2) is 48.9 Å². The van der Waals surface area contributed by atoms with Gasteiger partial charge in [0.2, 0.25) is 0 Å². The van der Waals surface area contributed by atoms with Crippen LogP contribution in [0.1, 0.15) is 28.9 Å². The lowest BCUT2D eigenvalue weighted by Gasteiger charge is -2.52. The molecule has 26 heavy (non-hydrogen) atoms. The maximum atomic E-state index is 12.1. The van der Waals surface area contributed by atoms with E-state index in [-0.39, 0.29) is 11.5 Å². The molecule has 4 rings (SSSR count). The Kier molecular flexibility index (Phi) is 4.95. The zero-order chi connectivity index (χ0) is 17.8. The lowest BCUT2D eigenvalue weighted by atomic mass is 9.83. The SMILES string of the molecule is O=C(NC[C@@H]1CCC2(CN(Cc3ccccn3)C2)OC1)c1cccnc1. The zero-order valence-electron chi connectivity index (χ0n) is 14.8. The Labute approximate surface area is 153 Å². The summed E-state index contributed by atoms with van der Waals surface area (Å²) in [4.78, 5) is 22.8. The minimum atomic E-state index is -0.0661. The number of carbonyl (C=O) groups excluding carboxylic acids is 1. The van der Waals surface area contributed by atoms with Crippen molar-refractivity contribution in [2.24, 2.45) is 5.92 Å². The predicted octanol–water partition coefficient (Wildman–Crippen LogP) is 1.89. The van der Waals surface area contributed by atoms with Crippen LogP contribution < -0.4 is 5.32 Å². The smallest absolute Gasteiger partial charge is 0.252 e. The molecular weight excluding hydrogens is 328 g/mol. The van der Waals surface area contributed by atoms with Crippen molar-refractivity contribution in [2.45, 2.75) is 25.0 Å². The molecule has 0 bridgehead atoms. The second-order valence-electron chi connectivity index (χ2n) is 7.32. The molecule has 4 heterocycles. The molecule has 0 aliphatic carbocycles. The molecule has 1 N–H and O–H groups in total. The fraction of sp³-hybridized carbons (Fsp3) is 0.450. The first-order valence-electron chi connectivity index (χ1n) is 9.17. The van der Waals surface area contributed by atoms with Gasteiger partial charge in [-0.05, 0) is 43.0 Å².